The Bertz CT molecular complexity index is 551. The van der Waals surface area contributed by atoms with Gasteiger partial charge in [-0.3, -0.25) is 0 Å². The van der Waals surface area contributed by atoms with E-state index in [1.54, 1.807) is 4.90 Å². The molecule has 0 spiro atoms. The number of amides is 1. The first-order chi connectivity index (χ1) is 10.2. The summed E-state index contributed by atoms with van der Waals surface area (Å²) in [7, 11) is 0. The first-order valence-electron chi connectivity index (χ1n) is 7.69. The van der Waals surface area contributed by atoms with Crippen molar-refractivity contribution in [3.63, 3.8) is 0 Å². The van der Waals surface area contributed by atoms with Crippen LogP contribution in [0.4, 0.5) is 10.5 Å². The second-order valence-electron chi connectivity index (χ2n) is 7.02. The van der Waals surface area contributed by atoms with Crippen LogP contribution in [0.3, 0.4) is 0 Å². The monoisotopic (exact) mass is 306 g/mol. The number of carbonyl (C=O) groups excluding carboxylic acids is 1. The van der Waals surface area contributed by atoms with Crippen LogP contribution in [0.2, 0.25) is 0 Å². The number of benzene rings is 1. The highest BCUT2D eigenvalue weighted by molar-refractivity contribution is 5.68. The van der Waals surface area contributed by atoms with Gasteiger partial charge in [0.15, 0.2) is 0 Å². The first kappa shape index (κ1) is 16.6. The number of rotatable bonds is 1. The molecule has 2 unspecified atom stereocenters. The molecule has 1 aliphatic heterocycles. The number of β-amino-alcohol motifs (C(OH)–C–C–N with tert-alkyl or cyclic N) is 1. The second kappa shape index (κ2) is 6.16. The van der Waals surface area contributed by atoms with Crippen molar-refractivity contribution in [2.75, 3.05) is 18.8 Å². The SMILES string of the molecule is Cc1ccc(C2CCN(C(=O)OC(C)(C)C)CC2O)c(N)c1. The second-order valence-corrected chi connectivity index (χ2v) is 7.02. The minimum atomic E-state index is -0.633. The summed E-state index contributed by atoms with van der Waals surface area (Å²) in [5.74, 6) is -0.0423. The van der Waals surface area contributed by atoms with Gasteiger partial charge in [-0.15, -0.1) is 0 Å². The number of nitrogen functional groups attached to an aromatic ring is 1. The van der Waals surface area contributed by atoms with E-state index in [0.717, 1.165) is 11.1 Å². The maximum atomic E-state index is 12.1. The zero-order chi connectivity index (χ0) is 16.5. The van der Waals surface area contributed by atoms with E-state index in [-0.39, 0.29) is 18.6 Å². The lowest BCUT2D eigenvalue weighted by Gasteiger charge is -2.37. The molecule has 0 aromatic heterocycles. The number of piperidine rings is 1. The third-order valence-electron chi connectivity index (χ3n) is 3.88. The van der Waals surface area contributed by atoms with Gasteiger partial charge in [0.1, 0.15) is 5.60 Å². The number of aryl methyl sites for hydroxylation is 1. The van der Waals surface area contributed by atoms with E-state index in [1.165, 1.54) is 0 Å². The summed E-state index contributed by atoms with van der Waals surface area (Å²) in [6.45, 7) is 8.32. The topological polar surface area (TPSA) is 75.8 Å². The number of hydrogen-bond acceptors (Lipinski definition) is 4. The van der Waals surface area contributed by atoms with Gasteiger partial charge in [-0.05, 0) is 51.3 Å². The lowest BCUT2D eigenvalue weighted by molar-refractivity contribution is -0.00144. The first-order valence-corrected chi connectivity index (χ1v) is 7.69. The van der Waals surface area contributed by atoms with Crippen LogP contribution >= 0.6 is 0 Å². The van der Waals surface area contributed by atoms with Crippen LogP contribution in [-0.2, 0) is 4.74 Å². The molecule has 1 heterocycles. The van der Waals surface area contributed by atoms with Gasteiger partial charge in [0.25, 0.3) is 0 Å². The van der Waals surface area contributed by atoms with Gasteiger partial charge >= 0.3 is 6.09 Å². The van der Waals surface area contributed by atoms with Crippen molar-refractivity contribution in [3.8, 4) is 0 Å². The number of carbonyl (C=O) groups is 1. The molecule has 0 saturated carbocycles. The molecule has 1 amide bonds. The van der Waals surface area contributed by atoms with Crippen LogP contribution in [0.1, 0.15) is 44.2 Å². The Labute approximate surface area is 132 Å². The van der Waals surface area contributed by atoms with E-state index in [4.69, 9.17) is 10.5 Å². The number of nitrogens with zero attached hydrogens (tertiary/aromatic N) is 1. The van der Waals surface area contributed by atoms with E-state index in [0.29, 0.717) is 18.7 Å². The van der Waals surface area contributed by atoms with Gasteiger partial charge in [0.05, 0.1) is 12.6 Å². The Morgan fingerprint density at radius 3 is 2.64 bits per heavy atom. The molecule has 1 aliphatic rings. The highest BCUT2D eigenvalue weighted by Crippen LogP contribution is 2.33. The summed E-state index contributed by atoms with van der Waals surface area (Å²) in [6, 6.07) is 5.89. The lowest BCUT2D eigenvalue weighted by Crippen LogP contribution is -2.47. The summed E-state index contributed by atoms with van der Waals surface area (Å²) in [5, 5.41) is 10.4. The van der Waals surface area contributed by atoms with E-state index >= 15 is 0 Å². The number of likely N-dealkylation sites (tertiary alicyclic amines) is 1. The van der Waals surface area contributed by atoms with Crippen LogP contribution in [-0.4, -0.2) is 40.9 Å². The van der Waals surface area contributed by atoms with Crippen LogP contribution in [0.15, 0.2) is 18.2 Å². The molecule has 2 atom stereocenters. The number of nitrogens with two attached hydrogens (primary N) is 1. The zero-order valence-electron chi connectivity index (χ0n) is 13.8. The standard InChI is InChI=1S/C17H26N2O3/c1-11-5-6-12(14(18)9-11)13-7-8-19(10-15(13)20)16(21)22-17(2,3)4/h5-6,9,13,15,20H,7-8,10,18H2,1-4H3. The van der Waals surface area contributed by atoms with Crippen molar-refractivity contribution < 1.29 is 14.6 Å². The van der Waals surface area contributed by atoms with Crippen molar-refractivity contribution in [2.45, 2.75) is 51.7 Å². The Morgan fingerprint density at radius 1 is 1.41 bits per heavy atom. The van der Waals surface area contributed by atoms with Gasteiger partial charge in [-0.25, -0.2) is 4.79 Å². The lowest BCUT2D eigenvalue weighted by atomic mass is 9.86. The summed E-state index contributed by atoms with van der Waals surface area (Å²) >= 11 is 0. The maximum absolute atomic E-state index is 12.1. The van der Waals surface area contributed by atoms with Crippen molar-refractivity contribution in [1.82, 2.24) is 4.90 Å². The largest absolute Gasteiger partial charge is 0.444 e. The molecular formula is C17H26N2O3. The fraction of sp³-hybridized carbons (Fsp3) is 0.588. The molecule has 122 valence electrons. The van der Waals surface area contributed by atoms with Crippen molar-refractivity contribution in [2.24, 2.45) is 0 Å². The summed E-state index contributed by atoms with van der Waals surface area (Å²) in [6.07, 6.45) is -0.332. The number of anilines is 1. The molecule has 5 nitrogen and oxygen atoms in total. The minimum Gasteiger partial charge on any atom is -0.444 e. The van der Waals surface area contributed by atoms with Crippen molar-refractivity contribution >= 4 is 11.8 Å². The molecule has 1 fully saturated rings. The van der Waals surface area contributed by atoms with Gasteiger partial charge in [0.2, 0.25) is 0 Å². The molecule has 1 aromatic rings. The van der Waals surface area contributed by atoms with Crippen LogP contribution in [0, 0.1) is 6.92 Å². The van der Waals surface area contributed by atoms with E-state index in [1.807, 2.05) is 45.9 Å². The Balaban J connectivity index is 2.05. The van der Waals surface area contributed by atoms with E-state index in [9.17, 15) is 9.90 Å². The number of aliphatic hydroxyl groups excluding tert-OH is 1. The highest BCUT2D eigenvalue weighted by Gasteiger charge is 2.33. The fourth-order valence-corrected chi connectivity index (χ4v) is 2.82. The van der Waals surface area contributed by atoms with Crippen LogP contribution in [0.25, 0.3) is 0 Å². The summed E-state index contributed by atoms with van der Waals surface area (Å²) in [5.41, 5.74) is 8.31. The van der Waals surface area contributed by atoms with E-state index in [2.05, 4.69) is 0 Å². The quantitative estimate of drug-likeness (QED) is 0.782. The molecule has 0 aliphatic carbocycles. The molecule has 5 heteroatoms. The minimum absolute atomic E-state index is 0.0423. The molecule has 0 bridgehead atoms. The maximum Gasteiger partial charge on any atom is 0.410 e. The molecular weight excluding hydrogens is 280 g/mol. The average Bonchev–Trinajstić information content (AvgIpc) is 2.37. The van der Waals surface area contributed by atoms with Crippen molar-refractivity contribution in [1.29, 1.82) is 0 Å². The van der Waals surface area contributed by atoms with Crippen LogP contribution < -0.4 is 5.73 Å². The molecule has 1 aromatic carbocycles. The summed E-state index contributed by atoms with van der Waals surface area (Å²) in [4.78, 5) is 13.6. The van der Waals surface area contributed by atoms with E-state index < -0.39 is 11.7 Å². The highest BCUT2D eigenvalue weighted by atomic mass is 16.6. The Morgan fingerprint density at radius 2 is 2.09 bits per heavy atom. The Kier molecular flexibility index (Phi) is 4.66. The predicted molar refractivity (Wildman–Crippen MR) is 86.8 cm³/mol. The van der Waals surface area contributed by atoms with Crippen LogP contribution in [0.5, 0.6) is 0 Å². The molecule has 3 N–H and O–H groups in total. The van der Waals surface area contributed by atoms with Gasteiger partial charge in [0, 0.05) is 18.2 Å². The van der Waals surface area contributed by atoms with Gasteiger partial charge in [-0.2, -0.15) is 0 Å². The van der Waals surface area contributed by atoms with Crippen molar-refractivity contribution in [3.05, 3.63) is 29.3 Å². The molecule has 1 saturated heterocycles. The molecule has 2 rings (SSSR count). The molecule has 22 heavy (non-hydrogen) atoms. The third kappa shape index (κ3) is 3.91. The average molecular weight is 306 g/mol. The van der Waals surface area contributed by atoms with Gasteiger partial charge < -0.3 is 20.5 Å². The summed E-state index contributed by atoms with van der Waals surface area (Å²) < 4.78 is 5.36. The number of aliphatic hydroxyl groups is 1. The zero-order valence-corrected chi connectivity index (χ0v) is 13.8. The fourth-order valence-electron chi connectivity index (χ4n) is 2.82. The normalized spacial score (nSPS) is 22.5. The number of ether oxygens (including phenoxy) is 1. The third-order valence-corrected chi connectivity index (χ3v) is 3.88. The predicted octanol–water partition coefficient (Wildman–Crippen LogP) is 2.66. The number of hydrogen-bond donors (Lipinski definition) is 2. The van der Waals surface area contributed by atoms with Gasteiger partial charge in [-0.1, -0.05) is 12.1 Å². The molecule has 0 radical (unpaired) electrons. The smallest absolute Gasteiger partial charge is 0.410 e. The Hall–Kier alpha value is -1.75.